The lowest BCUT2D eigenvalue weighted by Crippen LogP contribution is -1.85. The Morgan fingerprint density at radius 3 is 2.76 bits per heavy atom. The molecule has 1 N–H and O–H groups in total. The largest absolute Gasteiger partial charge is 0.282 e. The molecule has 0 bridgehead atoms. The first-order valence-electron chi connectivity index (χ1n) is 5.62. The third kappa shape index (κ3) is 1.51. The molecule has 0 aliphatic rings. The zero-order chi connectivity index (χ0) is 11.8. The van der Waals surface area contributed by atoms with Crippen molar-refractivity contribution >= 4 is 10.8 Å². The van der Waals surface area contributed by atoms with Crippen molar-refractivity contribution < 1.29 is 0 Å². The van der Waals surface area contributed by atoms with Crippen LogP contribution in [-0.4, -0.2) is 15.2 Å². The molecule has 0 saturated carbocycles. The van der Waals surface area contributed by atoms with Gasteiger partial charge in [-0.25, -0.2) is 0 Å². The van der Waals surface area contributed by atoms with Crippen LogP contribution in [0.5, 0.6) is 0 Å². The molecule has 0 spiro atoms. The average molecular weight is 223 g/mol. The van der Waals surface area contributed by atoms with Crippen LogP contribution in [0.25, 0.3) is 21.9 Å². The number of rotatable bonds is 1. The molecular weight excluding hydrogens is 210 g/mol. The van der Waals surface area contributed by atoms with Crippen molar-refractivity contribution in [2.24, 2.45) is 0 Å². The van der Waals surface area contributed by atoms with Gasteiger partial charge in [0.25, 0.3) is 0 Å². The molecular formula is C14H13N3. The van der Waals surface area contributed by atoms with Crippen LogP contribution in [0.15, 0.2) is 36.7 Å². The molecule has 0 aliphatic heterocycles. The number of aryl methyl sites for hydroxylation is 2. The number of hydrogen-bond donors (Lipinski definition) is 1. The second-order valence-electron chi connectivity index (χ2n) is 4.21. The molecule has 3 rings (SSSR count). The van der Waals surface area contributed by atoms with Gasteiger partial charge >= 0.3 is 0 Å². The highest BCUT2D eigenvalue weighted by Gasteiger charge is 2.11. The number of pyridine rings is 1. The van der Waals surface area contributed by atoms with Crippen molar-refractivity contribution in [2.75, 3.05) is 0 Å². The van der Waals surface area contributed by atoms with Crippen LogP contribution in [0, 0.1) is 13.8 Å². The Kier molecular flexibility index (Phi) is 2.18. The SMILES string of the molecule is Cc1n[nH]c(C)c1-c1cccc2cnccc12. The second-order valence-corrected chi connectivity index (χ2v) is 4.21. The highest BCUT2D eigenvalue weighted by molar-refractivity contribution is 5.97. The summed E-state index contributed by atoms with van der Waals surface area (Å²) in [7, 11) is 0. The number of aromatic nitrogens is 3. The van der Waals surface area contributed by atoms with E-state index in [1.807, 2.05) is 19.3 Å². The van der Waals surface area contributed by atoms with Gasteiger partial charge in [-0.05, 0) is 30.9 Å². The lowest BCUT2D eigenvalue weighted by atomic mass is 9.98. The van der Waals surface area contributed by atoms with Gasteiger partial charge in [0, 0.05) is 29.0 Å². The summed E-state index contributed by atoms with van der Waals surface area (Å²) in [5.74, 6) is 0. The van der Waals surface area contributed by atoms with E-state index >= 15 is 0 Å². The van der Waals surface area contributed by atoms with E-state index in [0.29, 0.717) is 0 Å². The summed E-state index contributed by atoms with van der Waals surface area (Å²) in [5, 5.41) is 9.67. The second kappa shape index (κ2) is 3.70. The van der Waals surface area contributed by atoms with Gasteiger partial charge < -0.3 is 0 Å². The van der Waals surface area contributed by atoms with Crippen molar-refractivity contribution in [3.63, 3.8) is 0 Å². The fourth-order valence-corrected chi connectivity index (χ4v) is 2.29. The molecule has 0 saturated heterocycles. The van der Waals surface area contributed by atoms with Crippen LogP contribution in [-0.2, 0) is 0 Å². The van der Waals surface area contributed by atoms with E-state index in [4.69, 9.17) is 0 Å². The number of nitrogens with zero attached hydrogens (tertiary/aromatic N) is 2. The smallest absolute Gasteiger partial charge is 0.0672 e. The molecule has 0 aliphatic carbocycles. The molecule has 1 aromatic carbocycles. The topological polar surface area (TPSA) is 41.6 Å². The van der Waals surface area contributed by atoms with Crippen molar-refractivity contribution in [3.05, 3.63) is 48.0 Å². The van der Waals surface area contributed by atoms with Gasteiger partial charge in [-0.2, -0.15) is 5.10 Å². The maximum absolute atomic E-state index is 4.26. The fraction of sp³-hybridized carbons (Fsp3) is 0.143. The maximum atomic E-state index is 4.26. The number of benzene rings is 1. The Hall–Kier alpha value is -2.16. The van der Waals surface area contributed by atoms with Gasteiger partial charge in [0.2, 0.25) is 0 Å². The van der Waals surface area contributed by atoms with Crippen LogP contribution >= 0.6 is 0 Å². The summed E-state index contributed by atoms with van der Waals surface area (Å²) in [6, 6.07) is 8.32. The van der Waals surface area contributed by atoms with E-state index in [1.54, 1.807) is 0 Å². The van der Waals surface area contributed by atoms with Crippen LogP contribution in [0.2, 0.25) is 0 Å². The molecule has 3 nitrogen and oxygen atoms in total. The van der Waals surface area contributed by atoms with Crippen LogP contribution in [0.4, 0.5) is 0 Å². The van der Waals surface area contributed by atoms with Crippen molar-refractivity contribution in [3.8, 4) is 11.1 Å². The number of fused-ring (bicyclic) bond motifs is 1. The maximum Gasteiger partial charge on any atom is 0.0672 e. The molecule has 2 heterocycles. The third-order valence-corrected chi connectivity index (χ3v) is 3.08. The summed E-state index contributed by atoms with van der Waals surface area (Å²) in [6.07, 6.45) is 3.72. The highest BCUT2D eigenvalue weighted by Crippen LogP contribution is 2.31. The zero-order valence-corrected chi connectivity index (χ0v) is 9.86. The molecule has 0 radical (unpaired) electrons. The molecule has 0 amide bonds. The van der Waals surface area contributed by atoms with E-state index < -0.39 is 0 Å². The number of H-pyrrole nitrogens is 1. The van der Waals surface area contributed by atoms with E-state index in [9.17, 15) is 0 Å². The number of nitrogens with one attached hydrogen (secondary N) is 1. The Balaban J connectivity index is 2.38. The molecule has 0 unspecified atom stereocenters. The highest BCUT2D eigenvalue weighted by atomic mass is 15.1. The first kappa shape index (κ1) is 10.0. The van der Waals surface area contributed by atoms with Gasteiger partial charge in [0.1, 0.15) is 0 Å². The third-order valence-electron chi connectivity index (χ3n) is 3.08. The van der Waals surface area contributed by atoms with Gasteiger partial charge in [0.15, 0.2) is 0 Å². The van der Waals surface area contributed by atoms with E-state index in [-0.39, 0.29) is 0 Å². The molecule has 2 aromatic heterocycles. The summed E-state index contributed by atoms with van der Waals surface area (Å²) >= 11 is 0. The van der Waals surface area contributed by atoms with Crippen LogP contribution in [0.3, 0.4) is 0 Å². The number of aromatic amines is 1. The molecule has 3 heteroatoms. The van der Waals surface area contributed by atoms with Crippen LogP contribution < -0.4 is 0 Å². The minimum absolute atomic E-state index is 1.03. The van der Waals surface area contributed by atoms with Crippen molar-refractivity contribution in [2.45, 2.75) is 13.8 Å². The molecule has 0 fully saturated rings. The van der Waals surface area contributed by atoms with Gasteiger partial charge in [0.05, 0.1) is 5.69 Å². The van der Waals surface area contributed by atoms with Gasteiger partial charge in [-0.15, -0.1) is 0 Å². The molecule has 3 aromatic rings. The summed E-state index contributed by atoms with van der Waals surface area (Å²) < 4.78 is 0. The fourth-order valence-electron chi connectivity index (χ4n) is 2.29. The monoisotopic (exact) mass is 223 g/mol. The molecule has 0 atom stereocenters. The Labute approximate surface area is 99.5 Å². The first-order chi connectivity index (χ1) is 8.27. The normalized spacial score (nSPS) is 10.9. The quantitative estimate of drug-likeness (QED) is 0.688. The van der Waals surface area contributed by atoms with Crippen molar-refractivity contribution in [1.29, 1.82) is 0 Å². The van der Waals surface area contributed by atoms with Gasteiger partial charge in [-0.1, -0.05) is 18.2 Å². The lowest BCUT2D eigenvalue weighted by Gasteiger charge is -2.06. The predicted octanol–water partition coefficient (Wildman–Crippen LogP) is 3.24. The Morgan fingerprint density at radius 2 is 2.00 bits per heavy atom. The van der Waals surface area contributed by atoms with Crippen molar-refractivity contribution in [1.82, 2.24) is 15.2 Å². The van der Waals surface area contributed by atoms with E-state index in [0.717, 1.165) is 16.8 Å². The predicted molar refractivity (Wildman–Crippen MR) is 68.8 cm³/mol. The zero-order valence-electron chi connectivity index (χ0n) is 9.86. The van der Waals surface area contributed by atoms with E-state index in [1.165, 1.54) is 16.5 Å². The standard InChI is InChI=1S/C14H13N3/c1-9-14(10(2)17-16-9)13-5-3-4-11-8-15-7-6-12(11)13/h3-8H,1-2H3,(H,16,17). The number of hydrogen-bond acceptors (Lipinski definition) is 2. The van der Waals surface area contributed by atoms with E-state index in [2.05, 4.69) is 46.4 Å². The minimum atomic E-state index is 1.03. The first-order valence-corrected chi connectivity index (χ1v) is 5.62. The minimum Gasteiger partial charge on any atom is -0.282 e. The van der Waals surface area contributed by atoms with Gasteiger partial charge in [-0.3, -0.25) is 10.1 Å². The Morgan fingerprint density at radius 1 is 1.12 bits per heavy atom. The lowest BCUT2D eigenvalue weighted by molar-refractivity contribution is 1.02. The average Bonchev–Trinajstić information content (AvgIpc) is 2.69. The summed E-state index contributed by atoms with van der Waals surface area (Å²) in [5.41, 5.74) is 4.55. The molecule has 17 heavy (non-hydrogen) atoms. The Bertz CT molecular complexity index is 658. The summed E-state index contributed by atoms with van der Waals surface area (Å²) in [6.45, 7) is 4.08. The van der Waals surface area contributed by atoms with Crippen LogP contribution in [0.1, 0.15) is 11.4 Å². The summed E-state index contributed by atoms with van der Waals surface area (Å²) in [4.78, 5) is 4.16. The molecule has 84 valence electrons.